The standard InChI is InChI=1S/C19H19BrN4OS.2ClH/c20-18-6-5-17(26-18)14-13-24-16-4-2-1-3-15(16)23(19(24)21-14)8-7-22-9-11-25-12-10-22;;/h1-6,13H,7-12H2;2*1H. The highest BCUT2D eigenvalue weighted by molar-refractivity contribution is 9.11. The summed E-state index contributed by atoms with van der Waals surface area (Å²) < 4.78 is 11.2. The van der Waals surface area contributed by atoms with Crippen molar-refractivity contribution in [1.29, 1.82) is 0 Å². The van der Waals surface area contributed by atoms with E-state index >= 15 is 0 Å². The average molecular weight is 504 g/mol. The number of rotatable bonds is 4. The van der Waals surface area contributed by atoms with E-state index in [0.717, 1.165) is 54.7 Å². The second kappa shape index (κ2) is 9.15. The zero-order valence-corrected chi connectivity index (χ0v) is 19.1. The van der Waals surface area contributed by atoms with Gasteiger partial charge >= 0.3 is 0 Å². The topological polar surface area (TPSA) is 34.7 Å². The minimum Gasteiger partial charge on any atom is -0.379 e. The fraction of sp³-hybridized carbons (Fsp3) is 0.316. The maximum absolute atomic E-state index is 5.46. The lowest BCUT2D eigenvalue weighted by molar-refractivity contribution is 0.0366. The maximum atomic E-state index is 5.46. The van der Waals surface area contributed by atoms with Crippen LogP contribution in [0.1, 0.15) is 0 Å². The molecule has 4 heterocycles. The van der Waals surface area contributed by atoms with Crippen LogP contribution in [0.3, 0.4) is 0 Å². The molecule has 0 spiro atoms. The minimum atomic E-state index is 0. The fourth-order valence-corrected chi connectivity index (χ4v) is 4.94. The summed E-state index contributed by atoms with van der Waals surface area (Å²) >= 11 is 5.27. The van der Waals surface area contributed by atoms with Crippen molar-refractivity contribution in [2.24, 2.45) is 0 Å². The van der Waals surface area contributed by atoms with E-state index in [2.05, 4.69) is 72.4 Å². The molecule has 9 heteroatoms. The van der Waals surface area contributed by atoms with E-state index in [1.807, 2.05) is 0 Å². The minimum absolute atomic E-state index is 0. The number of hydrogen-bond acceptors (Lipinski definition) is 4. The van der Waals surface area contributed by atoms with Gasteiger partial charge in [0.25, 0.3) is 0 Å². The number of aromatic nitrogens is 3. The van der Waals surface area contributed by atoms with Crippen LogP contribution in [-0.4, -0.2) is 51.7 Å². The molecular formula is C19H21BrCl2N4OS. The first-order chi connectivity index (χ1) is 12.8. The Kier molecular flexibility index (Phi) is 7.07. The van der Waals surface area contributed by atoms with Crippen LogP contribution in [0.4, 0.5) is 0 Å². The lowest BCUT2D eigenvalue weighted by atomic mass is 10.3. The van der Waals surface area contributed by atoms with E-state index in [-0.39, 0.29) is 24.8 Å². The smallest absolute Gasteiger partial charge is 0.215 e. The molecule has 0 aliphatic carbocycles. The molecule has 3 aromatic heterocycles. The summed E-state index contributed by atoms with van der Waals surface area (Å²) in [5, 5.41) is 0. The molecule has 0 amide bonds. The highest BCUT2D eigenvalue weighted by atomic mass is 79.9. The van der Waals surface area contributed by atoms with Crippen LogP contribution in [0, 0.1) is 0 Å². The summed E-state index contributed by atoms with van der Waals surface area (Å²) in [6.45, 7) is 5.65. The van der Waals surface area contributed by atoms with E-state index in [1.54, 1.807) is 11.3 Å². The lowest BCUT2D eigenvalue weighted by Gasteiger charge is -2.26. The van der Waals surface area contributed by atoms with Crippen molar-refractivity contribution in [1.82, 2.24) is 18.9 Å². The maximum Gasteiger partial charge on any atom is 0.215 e. The average Bonchev–Trinajstić information content (AvgIpc) is 3.35. The molecule has 4 aromatic rings. The number of fused-ring (bicyclic) bond motifs is 3. The molecule has 0 N–H and O–H groups in total. The second-order valence-electron chi connectivity index (χ2n) is 6.49. The summed E-state index contributed by atoms with van der Waals surface area (Å²) in [5.41, 5.74) is 3.47. The molecule has 0 atom stereocenters. The van der Waals surface area contributed by atoms with Crippen molar-refractivity contribution in [3.63, 3.8) is 0 Å². The van der Waals surface area contributed by atoms with Crippen LogP contribution >= 0.6 is 52.1 Å². The first kappa shape index (κ1) is 21.6. The summed E-state index contributed by atoms with van der Waals surface area (Å²) in [7, 11) is 0. The second-order valence-corrected chi connectivity index (χ2v) is 8.96. The Morgan fingerprint density at radius 3 is 2.46 bits per heavy atom. The first-order valence-electron chi connectivity index (χ1n) is 8.82. The Morgan fingerprint density at radius 2 is 1.75 bits per heavy atom. The van der Waals surface area contributed by atoms with Crippen molar-refractivity contribution in [2.75, 3.05) is 32.8 Å². The van der Waals surface area contributed by atoms with Crippen LogP contribution in [0.25, 0.3) is 27.4 Å². The molecule has 1 fully saturated rings. The van der Waals surface area contributed by atoms with Crippen LogP contribution in [-0.2, 0) is 11.3 Å². The first-order valence-corrected chi connectivity index (χ1v) is 10.4. The van der Waals surface area contributed by atoms with Gasteiger partial charge in [0, 0.05) is 32.4 Å². The molecule has 5 nitrogen and oxygen atoms in total. The quantitative estimate of drug-likeness (QED) is 0.395. The van der Waals surface area contributed by atoms with Gasteiger partial charge in [-0.05, 0) is 40.2 Å². The van der Waals surface area contributed by atoms with E-state index in [0.29, 0.717) is 0 Å². The van der Waals surface area contributed by atoms with E-state index < -0.39 is 0 Å². The Bertz CT molecular complexity index is 1070. The summed E-state index contributed by atoms with van der Waals surface area (Å²) in [5.74, 6) is 1.01. The third-order valence-electron chi connectivity index (χ3n) is 4.93. The number of para-hydroxylation sites is 2. The monoisotopic (exact) mass is 502 g/mol. The molecule has 0 unspecified atom stereocenters. The molecule has 1 aliphatic rings. The third kappa shape index (κ3) is 3.97. The number of imidazole rings is 2. The molecule has 0 bridgehead atoms. The predicted octanol–water partition coefficient (Wildman–Crippen LogP) is 4.96. The van der Waals surface area contributed by atoms with Crippen LogP contribution < -0.4 is 0 Å². The number of benzene rings is 1. The molecule has 28 heavy (non-hydrogen) atoms. The number of thiophene rings is 1. The Morgan fingerprint density at radius 1 is 1.00 bits per heavy atom. The van der Waals surface area contributed by atoms with Crippen LogP contribution in [0.2, 0.25) is 0 Å². The molecule has 1 saturated heterocycles. The summed E-state index contributed by atoms with van der Waals surface area (Å²) in [6, 6.07) is 12.7. The van der Waals surface area contributed by atoms with Gasteiger partial charge in [0.05, 0.1) is 32.9 Å². The number of ether oxygens (including phenoxy) is 1. The molecule has 150 valence electrons. The molecule has 0 radical (unpaired) electrons. The normalized spacial score (nSPS) is 14.9. The van der Waals surface area contributed by atoms with Gasteiger partial charge in [0.15, 0.2) is 0 Å². The Balaban J connectivity index is 0.00000112. The van der Waals surface area contributed by atoms with Gasteiger partial charge in [-0.3, -0.25) is 9.30 Å². The van der Waals surface area contributed by atoms with E-state index in [4.69, 9.17) is 9.72 Å². The third-order valence-corrected chi connectivity index (χ3v) is 6.58. The molecule has 1 aromatic carbocycles. The zero-order valence-electron chi connectivity index (χ0n) is 15.1. The highest BCUT2D eigenvalue weighted by Gasteiger charge is 2.17. The fourth-order valence-electron chi connectivity index (χ4n) is 3.60. The van der Waals surface area contributed by atoms with E-state index in [9.17, 15) is 0 Å². The Hall–Kier alpha value is -1.09. The van der Waals surface area contributed by atoms with E-state index in [1.165, 1.54) is 15.9 Å². The van der Waals surface area contributed by atoms with Crippen molar-refractivity contribution < 1.29 is 4.74 Å². The van der Waals surface area contributed by atoms with Crippen LogP contribution in [0.5, 0.6) is 0 Å². The van der Waals surface area contributed by atoms with Gasteiger partial charge in [-0.1, -0.05) is 12.1 Å². The number of morpholine rings is 1. The largest absolute Gasteiger partial charge is 0.379 e. The van der Waals surface area contributed by atoms with Crippen molar-refractivity contribution in [3.05, 3.63) is 46.4 Å². The molecule has 0 saturated carbocycles. The predicted molar refractivity (Wildman–Crippen MR) is 123 cm³/mol. The van der Waals surface area contributed by atoms with Crippen molar-refractivity contribution in [3.8, 4) is 10.6 Å². The lowest BCUT2D eigenvalue weighted by Crippen LogP contribution is -2.38. The highest BCUT2D eigenvalue weighted by Crippen LogP contribution is 2.32. The number of nitrogens with zero attached hydrogens (tertiary/aromatic N) is 4. The van der Waals surface area contributed by atoms with Gasteiger partial charge in [-0.25, -0.2) is 4.98 Å². The van der Waals surface area contributed by atoms with Gasteiger partial charge in [-0.2, -0.15) is 0 Å². The summed E-state index contributed by atoms with van der Waals surface area (Å²) in [6.07, 6.45) is 2.15. The van der Waals surface area contributed by atoms with Crippen molar-refractivity contribution >= 4 is 68.9 Å². The van der Waals surface area contributed by atoms with Gasteiger partial charge in [0.2, 0.25) is 5.78 Å². The van der Waals surface area contributed by atoms with Gasteiger partial charge < -0.3 is 9.30 Å². The number of halogens is 3. The van der Waals surface area contributed by atoms with Gasteiger partial charge in [0.1, 0.15) is 5.69 Å². The Labute approximate surface area is 188 Å². The molecule has 1 aliphatic heterocycles. The van der Waals surface area contributed by atoms with Gasteiger partial charge in [-0.15, -0.1) is 36.2 Å². The van der Waals surface area contributed by atoms with Crippen molar-refractivity contribution in [2.45, 2.75) is 6.54 Å². The number of hydrogen-bond donors (Lipinski definition) is 0. The molecular weight excluding hydrogens is 483 g/mol. The van der Waals surface area contributed by atoms with Crippen LogP contribution in [0.15, 0.2) is 46.4 Å². The summed E-state index contributed by atoms with van der Waals surface area (Å²) in [4.78, 5) is 8.62. The molecule has 5 rings (SSSR count). The zero-order chi connectivity index (χ0) is 17.5. The SMILES string of the molecule is Brc1ccc(-c2cn3c4ccccc4n(CCN4CCOCC4)c3n2)s1.Cl.Cl.